The Morgan fingerprint density at radius 2 is 1.33 bits per heavy atom. The number of carbonyl (C=O) groups excluding carboxylic acids is 2. The summed E-state index contributed by atoms with van der Waals surface area (Å²) in [6.45, 7) is 1.63. The van der Waals surface area contributed by atoms with E-state index in [4.69, 9.17) is 9.84 Å². The van der Waals surface area contributed by atoms with Gasteiger partial charge in [-0.25, -0.2) is 4.79 Å². The lowest BCUT2D eigenvalue weighted by molar-refractivity contribution is -0.145. The van der Waals surface area contributed by atoms with Crippen LogP contribution in [0.3, 0.4) is 0 Å². The lowest BCUT2D eigenvalue weighted by atomic mass is 9.98. The fraction of sp³-hybridized carbons (Fsp3) is 0.529. The minimum absolute atomic E-state index is 0.0184. The number of amides is 2. The van der Waals surface area contributed by atoms with Crippen molar-refractivity contribution >= 4 is 35.1 Å². The first-order chi connectivity index (χ1) is 20.8. The van der Waals surface area contributed by atoms with E-state index in [0.29, 0.717) is 12.0 Å². The first-order valence-corrected chi connectivity index (χ1v) is 15.7. The van der Waals surface area contributed by atoms with Gasteiger partial charge in [-0.15, -0.1) is 0 Å². The van der Waals surface area contributed by atoms with Crippen LogP contribution in [-0.4, -0.2) is 40.6 Å². The number of carboxylic acids is 2. The van der Waals surface area contributed by atoms with Crippen LogP contribution in [0.25, 0.3) is 0 Å². The summed E-state index contributed by atoms with van der Waals surface area (Å²) in [6, 6.07) is 13.2. The van der Waals surface area contributed by atoms with Crippen molar-refractivity contribution < 1.29 is 34.1 Å². The summed E-state index contributed by atoms with van der Waals surface area (Å²) in [5.74, 6) is -4.57. The Labute approximate surface area is 255 Å². The van der Waals surface area contributed by atoms with E-state index < -0.39 is 30.4 Å². The SMILES string of the molecule is CCCCCCCCCCCCCCCC(=O)Nc1cc(NC(=O)C(Cc2ccccc2)C(=O)O)ccc1OCC(=O)O. The predicted octanol–water partition coefficient (Wildman–Crippen LogP) is 7.45. The number of ether oxygens (including phenoxy) is 1. The van der Waals surface area contributed by atoms with Crippen molar-refractivity contribution in [1.29, 1.82) is 0 Å². The van der Waals surface area contributed by atoms with Gasteiger partial charge >= 0.3 is 11.9 Å². The quantitative estimate of drug-likeness (QED) is 0.0771. The molecule has 0 radical (unpaired) electrons. The van der Waals surface area contributed by atoms with Gasteiger partial charge in [0.15, 0.2) is 6.61 Å². The van der Waals surface area contributed by atoms with Gasteiger partial charge in [-0.1, -0.05) is 114 Å². The molecule has 2 rings (SSSR count). The number of rotatable bonds is 23. The molecule has 0 aliphatic heterocycles. The summed E-state index contributed by atoms with van der Waals surface area (Å²) in [4.78, 5) is 48.4. The molecule has 0 fully saturated rings. The van der Waals surface area contributed by atoms with E-state index in [-0.39, 0.29) is 29.5 Å². The molecular formula is C34H48N2O7. The van der Waals surface area contributed by atoms with Gasteiger partial charge < -0.3 is 25.6 Å². The van der Waals surface area contributed by atoms with Gasteiger partial charge in [-0.05, 0) is 36.6 Å². The molecule has 2 amide bonds. The van der Waals surface area contributed by atoms with E-state index >= 15 is 0 Å². The van der Waals surface area contributed by atoms with Gasteiger partial charge in [-0.2, -0.15) is 0 Å². The highest BCUT2D eigenvalue weighted by atomic mass is 16.5. The fourth-order valence-corrected chi connectivity index (χ4v) is 4.86. The Bertz CT molecular complexity index is 1140. The van der Waals surface area contributed by atoms with Gasteiger partial charge in [0.05, 0.1) is 5.69 Å². The molecule has 1 atom stereocenters. The number of carboxylic acid groups (broad SMARTS) is 2. The zero-order chi connectivity index (χ0) is 31.3. The molecule has 0 saturated carbocycles. The smallest absolute Gasteiger partial charge is 0.341 e. The molecule has 0 spiro atoms. The maximum atomic E-state index is 12.9. The third-order valence-electron chi connectivity index (χ3n) is 7.28. The summed E-state index contributed by atoms with van der Waals surface area (Å²) in [7, 11) is 0. The number of benzene rings is 2. The Kier molecular flexibility index (Phi) is 17.2. The molecule has 2 aromatic carbocycles. The van der Waals surface area contributed by atoms with Crippen LogP contribution in [0.5, 0.6) is 5.75 Å². The second-order valence-electron chi connectivity index (χ2n) is 11.0. The Morgan fingerprint density at radius 3 is 1.88 bits per heavy atom. The Balaban J connectivity index is 1.84. The number of aliphatic carboxylic acids is 2. The highest BCUT2D eigenvalue weighted by Gasteiger charge is 2.27. The molecule has 0 bridgehead atoms. The van der Waals surface area contributed by atoms with Crippen molar-refractivity contribution in [3.63, 3.8) is 0 Å². The molecule has 0 aromatic heterocycles. The minimum atomic E-state index is -1.32. The van der Waals surface area contributed by atoms with Gasteiger partial charge in [-0.3, -0.25) is 14.4 Å². The normalized spacial score (nSPS) is 11.5. The largest absolute Gasteiger partial charge is 0.481 e. The molecule has 1 unspecified atom stereocenters. The topological polar surface area (TPSA) is 142 Å². The molecule has 0 aliphatic rings. The van der Waals surface area contributed by atoms with Crippen molar-refractivity contribution in [2.75, 3.05) is 17.2 Å². The van der Waals surface area contributed by atoms with Crippen molar-refractivity contribution in [3.8, 4) is 5.75 Å². The van der Waals surface area contributed by atoms with Crippen LogP contribution in [-0.2, 0) is 25.6 Å². The van der Waals surface area contributed by atoms with Crippen LogP contribution < -0.4 is 15.4 Å². The van der Waals surface area contributed by atoms with Crippen LogP contribution in [0.4, 0.5) is 11.4 Å². The number of unbranched alkanes of at least 4 members (excludes halogenated alkanes) is 12. The Hall–Kier alpha value is -3.88. The molecule has 0 saturated heterocycles. The molecule has 43 heavy (non-hydrogen) atoms. The van der Waals surface area contributed by atoms with Crippen molar-refractivity contribution in [2.45, 2.75) is 103 Å². The third kappa shape index (κ3) is 15.2. The van der Waals surface area contributed by atoms with E-state index in [9.17, 15) is 24.3 Å². The maximum Gasteiger partial charge on any atom is 0.341 e. The third-order valence-corrected chi connectivity index (χ3v) is 7.28. The molecule has 2 aromatic rings. The van der Waals surface area contributed by atoms with Crippen LogP contribution >= 0.6 is 0 Å². The summed E-state index contributed by atoms with van der Waals surface area (Å²) in [5.41, 5.74) is 1.17. The number of hydrogen-bond acceptors (Lipinski definition) is 5. The molecule has 9 nitrogen and oxygen atoms in total. The fourth-order valence-electron chi connectivity index (χ4n) is 4.86. The second-order valence-corrected chi connectivity index (χ2v) is 11.0. The molecule has 0 aliphatic carbocycles. The number of hydrogen-bond donors (Lipinski definition) is 4. The summed E-state index contributed by atoms with van der Waals surface area (Å²) < 4.78 is 5.33. The number of nitrogens with one attached hydrogen (secondary N) is 2. The average molecular weight is 597 g/mol. The van der Waals surface area contributed by atoms with Gasteiger partial charge in [0.25, 0.3) is 0 Å². The van der Waals surface area contributed by atoms with Crippen LogP contribution in [0.2, 0.25) is 0 Å². The summed E-state index contributed by atoms with van der Waals surface area (Å²) >= 11 is 0. The first-order valence-electron chi connectivity index (χ1n) is 15.7. The van der Waals surface area contributed by atoms with Gasteiger partial charge in [0, 0.05) is 12.1 Å². The zero-order valence-corrected chi connectivity index (χ0v) is 25.4. The van der Waals surface area contributed by atoms with E-state index in [1.165, 1.54) is 76.0 Å². The van der Waals surface area contributed by atoms with Gasteiger partial charge in [0.2, 0.25) is 11.8 Å². The maximum absolute atomic E-state index is 12.9. The highest BCUT2D eigenvalue weighted by Crippen LogP contribution is 2.29. The second kappa shape index (κ2) is 20.9. The Morgan fingerprint density at radius 1 is 0.744 bits per heavy atom. The molecule has 9 heteroatoms. The van der Waals surface area contributed by atoms with Crippen LogP contribution in [0.15, 0.2) is 48.5 Å². The lowest BCUT2D eigenvalue weighted by Gasteiger charge is -2.16. The van der Waals surface area contributed by atoms with Crippen LogP contribution in [0, 0.1) is 5.92 Å². The van der Waals surface area contributed by atoms with E-state index in [1.807, 2.05) is 6.07 Å². The van der Waals surface area contributed by atoms with Gasteiger partial charge in [0.1, 0.15) is 11.7 Å². The standard InChI is InChI=1S/C34H48N2O7/c1-2-3-4-5-6-7-8-9-10-11-12-13-17-20-31(37)36-29-24-27(21-22-30(29)43-25-32(38)39)35-33(40)28(34(41)42)23-26-18-15-14-16-19-26/h14-16,18-19,21-22,24,28H,2-13,17,20,23,25H2,1H3,(H,35,40)(H,36,37)(H,38,39)(H,41,42). The first kappa shape index (κ1) is 35.3. The summed E-state index contributed by atoms with van der Waals surface area (Å²) in [5, 5.41) is 24.0. The van der Waals surface area contributed by atoms with Crippen molar-refractivity contribution in [3.05, 3.63) is 54.1 Å². The van der Waals surface area contributed by atoms with Crippen molar-refractivity contribution in [1.82, 2.24) is 0 Å². The highest BCUT2D eigenvalue weighted by molar-refractivity contribution is 6.05. The predicted molar refractivity (Wildman–Crippen MR) is 168 cm³/mol. The van der Waals surface area contributed by atoms with Crippen molar-refractivity contribution in [2.24, 2.45) is 5.92 Å². The minimum Gasteiger partial charge on any atom is -0.481 e. The molecule has 0 heterocycles. The van der Waals surface area contributed by atoms with E-state index in [0.717, 1.165) is 25.7 Å². The molecule has 4 N–H and O–H groups in total. The molecular weight excluding hydrogens is 548 g/mol. The van der Waals surface area contributed by atoms with Crippen LogP contribution in [0.1, 0.15) is 102 Å². The number of carbonyl (C=O) groups is 4. The lowest BCUT2D eigenvalue weighted by Crippen LogP contribution is -2.31. The number of anilines is 2. The molecule has 236 valence electrons. The van der Waals surface area contributed by atoms with E-state index in [1.54, 1.807) is 24.3 Å². The average Bonchev–Trinajstić information content (AvgIpc) is 2.98. The monoisotopic (exact) mass is 596 g/mol. The van der Waals surface area contributed by atoms with E-state index in [2.05, 4.69) is 17.6 Å². The zero-order valence-electron chi connectivity index (χ0n) is 25.4. The summed E-state index contributed by atoms with van der Waals surface area (Å²) in [6.07, 6.45) is 16.0.